The van der Waals surface area contributed by atoms with Gasteiger partial charge in [0.1, 0.15) is 24.4 Å². The lowest BCUT2D eigenvalue weighted by molar-refractivity contribution is -0.119. The number of hydrogen-bond donors (Lipinski definition) is 4. The summed E-state index contributed by atoms with van der Waals surface area (Å²) < 4.78 is 5.22. The van der Waals surface area contributed by atoms with Crippen LogP contribution in [0.3, 0.4) is 0 Å². The summed E-state index contributed by atoms with van der Waals surface area (Å²) in [5.41, 5.74) is 0. The first-order valence-corrected chi connectivity index (χ1v) is 8.04. The van der Waals surface area contributed by atoms with Gasteiger partial charge in [-0.2, -0.15) is 0 Å². The minimum atomic E-state index is -1.42. The second kappa shape index (κ2) is 10.3. The molecule has 0 heterocycles. The van der Waals surface area contributed by atoms with Gasteiger partial charge in [0.25, 0.3) is 0 Å². The fourth-order valence-electron chi connectivity index (χ4n) is 1.51. The number of hydrogen-bond acceptors (Lipinski definition) is 7. The maximum atomic E-state index is 10.0. The third-order valence-corrected chi connectivity index (χ3v) is 5.15. The highest BCUT2D eigenvalue weighted by atomic mass is 32.2. The van der Waals surface area contributed by atoms with Crippen molar-refractivity contribution in [2.45, 2.75) is 42.8 Å². The summed E-state index contributed by atoms with van der Waals surface area (Å²) in [6, 6.07) is 0. The number of aliphatic hydroxyl groups is 4. The van der Waals surface area contributed by atoms with E-state index in [1.165, 1.54) is 7.11 Å². The van der Waals surface area contributed by atoms with E-state index in [4.69, 9.17) is 9.84 Å². The van der Waals surface area contributed by atoms with Crippen molar-refractivity contribution in [1.82, 2.24) is 0 Å². The van der Waals surface area contributed by atoms with E-state index in [0.717, 1.165) is 11.5 Å². The van der Waals surface area contributed by atoms with E-state index in [0.29, 0.717) is 0 Å². The molecule has 0 rings (SSSR count). The summed E-state index contributed by atoms with van der Waals surface area (Å²) in [4.78, 5) is 0. The van der Waals surface area contributed by atoms with Crippen LogP contribution in [0.25, 0.3) is 0 Å². The van der Waals surface area contributed by atoms with Gasteiger partial charge in [-0.1, -0.05) is 13.8 Å². The molecular formula is C11H24O5S2. The summed E-state index contributed by atoms with van der Waals surface area (Å²) in [6.45, 7) is 3.42. The molecule has 5 nitrogen and oxygen atoms in total. The molecule has 18 heavy (non-hydrogen) atoms. The lowest BCUT2D eigenvalue weighted by atomic mass is 10.0. The van der Waals surface area contributed by atoms with Crippen LogP contribution >= 0.6 is 23.5 Å². The van der Waals surface area contributed by atoms with Gasteiger partial charge < -0.3 is 25.2 Å². The summed E-state index contributed by atoms with van der Waals surface area (Å²) in [6.07, 6.45) is -4.62. The van der Waals surface area contributed by atoms with Crippen LogP contribution in [0, 0.1) is 0 Å². The summed E-state index contributed by atoms with van der Waals surface area (Å²) in [7, 11) is 1.46. The molecule has 0 aromatic rings. The Bertz CT molecular complexity index is 202. The minimum Gasteiger partial charge on any atom is -0.394 e. The second-order valence-electron chi connectivity index (χ2n) is 3.71. The van der Waals surface area contributed by atoms with Gasteiger partial charge in [0.05, 0.1) is 11.2 Å². The predicted molar refractivity (Wildman–Crippen MR) is 76.0 cm³/mol. The first-order chi connectivity index (χ1) is 8.53. The van der Waals surface area contributed by atoms with E-state index >= 15 is 0 Å². The van der Waals surface area contributed by atoms with Gasteiger partial charge in [-0.15, -0.1) is 23.5 Å². The van der Waals surface area contributed by atoms with Crippen molar-refractivity contribution in [3.8, 4) is 0 Å². The Morgan fingerprint density at radius 3 is 1.83 bits per heavy atom. The molecule has 0 aromatic heterocycles. The van der Waals surface area contributed by atoms with Crippen LogP contribution in [0.5, 0.6) is 0 Å². The predicted octanol–water partition coefficient (Wildman–Crippen LogP) is -0.0913. The van der Waals surface area contributed by atoms with E-state index in [9.17, 15) is 15.3 Å². The molecule has 7 heteroatoms. The van der Waals surface area contributed by atoms with Crippen molar-refractivity contribution in [2.75, 3.05) is 25.2 Å². The summed E-state index contributed by atoms with van der Waals surface area (Å²) in [5, 5.41) is 37.9. The van der Waals surface area contributed by atoms with Crippen LogP contribution in [-0.2, 0) is 4.74 Å². The molecule has 4 N–H and O–H groups in total. The standard InChI is InChI=1S/C11H24O5S2/c1-4-17-11(18-5-2)10(16-3)9(15)8(14)7(13)6-12/h7-15H,4-6H2,1-3H3/t7-,8-,9+,10+/m1/s1. The Kier molecular flexibility index (Phi) is 10.6. The number of aliphatic hydroxyl groups excluding tert-OH is 4. The van der Waals surface area contributed by atoms with Gasteiger partial charge in [0.15, 0.2) is 0 Å². The molecule has 0 unspecified atom stereocenters. The number of methoxy groups -OCH3 is 1. The molecule has 0 bridgehead atoms. The molecule has 0 spiro atoms. The number of ether oxygens (including phenoxy) is 1. The van der Waals surface area contributed by atoms with Gasteiger partial charge in [-0.3, -0.25) is 0 Å². The van der Waals surface area contributed by atoms with E-state index in [1.54, 1.807) is 23.5 Å². The van der Waals surface area contributed by atoms with E-state index in [1.807, 2.05) is 13.8 Å². The van der Waals surface area contributed by atoms with Crippen molar-refractivity contribution in [2.24, 2.45) is 0 Å². The molecule has 0 saturated carbocycles. The lowest BCUT2D eigenvalue weighted by Gasteiger charge is -2.32. The van der Waals surface area contributed by atoms with Crippen LogP contribution < -0.4 is 0 Å². The van der Waals surface area contributed by atoms with Crippen LogP contribution in [0.2, 0.25) is 0 Å². The second-order valence-corrected chi connectivity index (χ2v) is 6.85. The molecule has 0 radical (unpaired) electrons. The Labute approximate surface area is 117 Å². The van der Waals surface area contributed by atoms with Crippen molar-refractivity contribution >= 4 is 23.5 Å². The smallest absolute Gasteiger partial charge is 0.111 e. The molecule has 0 amide bonds. The van der Waals surface area contributed by atoms with Crippen molar-refractivity contribution < 1.29 is 25.2 Å². The van der Waals surface area contributed by atoms with Crippen molar-refractivity contribution in [3.63, 3.8) is 0 Å². The molecule has 0 aliphatic rings. The molecule has 0 aliphatic heterocycles. The molecular weight excluding hydrogens is 276 g/mol. The zero-order valence-electron chi connectivity index (χ0n) is 11.0. The van der Waals surface area contributed by atoms with Gasteiger partial charge in [-0.05, 0) is 11.5 Å². The minimum absolute atomic E-state index is 0.0273. The zero-order valence-corrected chi connectivity index (χ0v) is 12.7. The molecule has 0 saturated heterocycles. The molecule has 0 aromatic carbocycles. The first kappa shape index (κ1) is 18.5. The SMILES string of the molecule is CCSC(SCC)[C@@H](OC)[C@@H](O)[C@H](O)[C@H](O)CO. The Hall–Kier alpha value is 0.500. The van der Waals surface area contributed by atoms with Gasteiger partial charge in [0.2, 0.25) is 0 Å². The lowest BCUT2D eigenvalue weighted by Crippen LogP contribution is -2.49. The third-order valence-electron chi connectivity index (χ3n) is 2.47. The average molecular weight is 300 g/mol. The number of rotatable bonds is 10. The van der Waals surface area contributed by atoms with Gasteiger partial charge in [0, 0.05) is 7.11 Å². The molecule has 0 fully saturated rings. The molecule has 0 aliphatic carbocycles. The quantitative estimate of drug-likeness (QED) is 0.419. The fraction of sp³-hybridized carbons (Fsp3) is 1.00. The topological polar surface area (TPSA) is 90.2 Å². The van der Waals surface area contributed by atoms with Crippen LogP contribution in [-0.4, -0.2) is 74.6 Å². The van der Waals surface area contributed by atoms with E-state index < -0.39 is 31.0 Å². The van der Waals surface area contributed by atoms with Crippen molar-refractivity contribution in [1.29, 1.82) is 0 Å². The van der Waals surface area contributed by atoms with Crippen LogP contribution in [0.1, 0.15) is 13.8 Å². The highest BCUT2D eigenvalue weighted by molar-refractivity contribution is 8.17. The zero-order chi connectivity index (χ0) is 14.1. The van der Waals surface area contributed by atoms with Gasteiger partial charge >= 0.3 is 0 Å². The number of thioether (sulfide) groups is 2. The Morgan fingerprint density at radius 2 is 1.50 bits per heavy atom. The van der Waals surface area contributed by atoms with E-state index in [-0.39, 0.29) is 4.58 Å². The van der Waals surface area contributed by atoms with Gasteiger partial charge in [-0.25, -0.2) is 0 Å². The molecule has 4 atom stereocenters. The Morgan fingerprint density at radius 1 is 1.00 bits per heavy atom. The summed E-state index contributed by atoms with van der Waals surface area (Å²) in [5.74, 6) is 1.73. The Balaban J connectivity index is 4.69. The highest BCUT2D eigenvalue weighted by Gasteiger charge is 2.36. The van der Waals surface area contributed by atoms with Crippen LogP contribution in [0.15, 0.2) is 0 Å². The highest BCUT2D eigenvalue weighted by Crippen LogP contribution is 2.30. The largest absolute Gasteiger partial charge is 0.394 e. The molecule has 110 valence electrons. The fourth-order valence-corrected chi connectivity index (χ4v) is 4.29. The first-order valence-electron chi connectivity index (χ1n) is 5.94. The average Bonchev–Trinajstić information content (AvgIpc) is 2.38. The monoisotopic (exact) mass is 300 g/mol. The van der Waals surface area contributed by atoms with Crippen LogP contribution in [0.4, 0.5) is 0 Å². The maximum Gasteiger partial charge on any atom is 0.111 e. The summed E-state index contributed by atoms with van der Waals surface area (Å²) >= 11 is 3.24. The normalized spacial score (nSPS) is 18.7. The third kappa shape index (κ3) is 5.64. The van der Waals surface area contributed by atoms with E-state index in [2.05, 4.69) is 0 Å². The maximum absolute atomic E-state index is 10.0. The van der Waals surface area contributed by atoms with Crippen molar-refractivity contribution in [3.05, 3.63) is 0 Å².